The largest absolute Gasteiger partial charge is 0.437 e. The monoisotopic (exact) mass is 250 g/mol. The van der Waals surface area contributed by atoms with Crippen LogP contribution in [0.2, 0.25) is 0 Å². The Morgan fingerprint density at radius 3 is 2.71 bits per heavy atom. The molecule has 0 N–H and O–H groups in total. The van der Waals surface area contributed by atoms with E-state index in [0.717, 1.165) is 29.5 Å². The number of nitrogens with zero attached hydrogens (tertiary/aromatic N) is 2. The second kappa shape index (κ2) is 5.59. The van der Waals surface area contributed by atoms with Crippen LogP contribution >= 0.6 is 11.8 Å². The van der Waals surface area contributed by atoms with Crippen molar-refractivity contribution in [2.45, 2.75) is 56.4 Å². The summed E-state index contributed by atoms with van der Waals surface area (Å²) < 4.78 is 5.59. The molecule has 92 valence electrons. The standard InChI is InChI=1S/C13H18N2OS/c1-9-10(2)16-13(15-9)17-12-7-5-3-4-6-11(12)8-14/h11-12H,3-7H2,1-2H3. The molecule has 1 fully saturated rings. The predicted octanol–water partition coefficient (Wildman–Crippen LogP) is 3.86. The molecule has 0 saturated heterocycles. The fourth-order valence-corrected chi connectivity index (χ4v) is 3.45. The van der Waals surface area contributed by atoms with E-state index in [-0.39, 0.29) is 5.92 Å². The maximum absolute atomic E-state index is 9.21. The number of aryl methyl sites for hydroxylation is 2. The fourth-order valence-electron chi connectivity index (χ4n) is 2.19. The Balaban J connectivity index is 2.07. The van der Waals surface area contributed by atoms with Gasteiger partial charge in [-0.3, -0.25) is 0 Å². The van der Waals surface area contributed by atoms with Gasteiger partial charge in [-0.2, -0.15) is 5.26 Å². The molecule has 2 rings (SSSR count). The van der Waals surface area contributed by atoms with Crippen molar-refractivity contribution in [2.24, 2.45) is 5.92 Å². The molecule has 1 saturated carbocycles. The van der Waals surface area contributed by atoms with E-state index in [0.29, 0.717) is 5.25 Å². The van der Waals surface area contributed by atoms with E-state index >= 15 is 0 Å². The molecule has 3 nitrogen and oxygen atoms in total. The molecule has 2 atom stereocenters. The van der Waals surface area contributed by atoms with Gasteiger partial charge in [0.15, 0.2) is 0 Å². The van der Waals surface area contributed by atoms with Crippen molar-refractivity contribution in [1.82, 2.24) is 4.98 Å². The van der Waals surface area contributed by atoms with Crippen molar-refractivity contribution >= 4 is 11.8 Å². The zero-order valence-corrected chi connectivity index (χ0v) is 11.2. The molecular weight excluding hydrogens is 232 g/mol. The third kappa shape index (κ3) is 3.04. The highest BCUT2D eigenvalue weighted by Gasteiger charge is 2.26. The SMILES string of the molecule is Cc1nc(SC2CCCCCC2C#N)oc1C. The van der Waals surface area contributed by atoms with Crippen LogP contribution < -0.4 is 0 Å². The molecule has 0 bridgehead atoms. The molecule has 0 aromatic carbocycles. The van der Waals surface area contributed by atoms with Crippen molar-refractivity contribution in [2.75, 3.05) is 0 Å². The number of hydrogen-bond acceptors (Lipinski definition) is 4. The average molecular weight is 250 g/mol. The first-order valence-electron chi connectivity index (χ1n) is 6.21. The number of hydrogen-bond donors (Lipinski definition) is 0. The van der Waals surface area contributed by atoms with Gasteiger partial charge in [-0.25, -0.2) is 4.98 Å². The topological polar surface area (TPSA) is 49.8 Å². The zero-order chi connectivity index (χ0) is 12.3. The van der Waals surface area contributed by atoms with Gasteiger partial charge in [0.1, 0.15) is 5.76 Å². The Hall–Kier alpha value is -0.950. The Kier molecular flexibility index (Phi) is 4.11. The molecule has 1 aliphatic carbocycles. The van der Waals surface area contributed by atoms with Gasteiger partial charge in [0.05, 0.1) is 17.7 Å². The second-order valence-electron chi connectivity index (χ2n) is 4.65. The summed E-state index contributed by atoms with van der Waals surface area (Å²) in [6.07, 6.45) is 5.77. The molecule has 1 aromatic rings. The molecule has 1 aliphatic rings. The van der Waals surface area contributed by atoms with Gasteiger partial charge in [-0.1, -0.05) is 31.0 Å². The van der Waals surface area contributed by atoms with E-state index < -0.39 is 0 Å². The van der Waals surface area contributed by atoms with Crippen molar-refractivity contribution in [3.63, 3.8) is 0 Å². The maximum Gasteiger partial charge on any atom is 0.256 e. The predicted molar refractivity (Wildman–Crippen MR) is 67.8 cm³/mol. The lowest BCUT2D eigenvalue weighted by atomic mass is 10.0. The Morgan fingerprint density at radius 1 is 1.29 bits per heavy atom. The fraction of sp³-hybridized carbons (Fsp3) is 0.692. The lowest BCUT2D eigenvalue weighted by Crippen LogP contribution is -2.13. The second-order valence-corrected chi connectivity index (χ2v) is 5.84. The molecule has 17 heavy (non-hydrogen) atoms. The molecule has 2 unspecified atom stereocenters. The molecule has 0 spiro atoms. The number of aromatic nitrogens is 1. The van der Waals surface area contributed by atoms with Crippen LogP contribution in [0.3, 0.4) is 0 Å². The van der Waals surface area contributed by atoms with Crippen LogP contribution in [0.15, 0.2) is 9.64 Å². The molecule has 1 heterocycles. The van der Waals surface area contributed by atoms with Crippen LogP contribution in [0.25, 0.3) is 0 Å². The third-order valence-corrected chi connectivity index (χ3v) is 4.62. The lowest BCUT2D eigenvalue weighted by Gasteiger charge is -2.16. The highest BCUT2D eigenvalue weighted by atomic mass is 32.2. The van der Waals surface area contributed by atoms with Crippen LogP contribution in [0.1, 0.15) is 43.6 Å². The molecule has 4 heteroatoms. The van der Waals surface area contributed by atoms with E-state index in [1.807, 2.05) is 13.8 Å². The van der Waals surface area contributed by atoms with E-state index in [4.69, 9.17) is 4.42 Å². The number of rotatable bonds is 2. The zero-order valence-electron chi connectivity index (χ0n) is 10.4. The molecule has 1 aromatic heterocycles. The lowest BCUT2D eigenvalue weighted by molar-refractivity contribution is 0.428. The van der Waals surface area contributed by atoms with E-state index in [1.165, 1.54) is 19.3 Å². The summed E-state index contributed by atoms with van der Waals surface area (Å²) in [5, 5.41) is 10.3. The van der Waals surface area contributed by atoms with Gasteiger partial charge in [-0.15, -0.1) is 0 Å². The van der Waals surface area contributed by atoms with Crippen LogP contribution in [-0.2, 0) is 0 Å². The summed E-state index contributed by atoms with van der Waals surface area (Å²) in [6, 6.07) is 2.45. The third-order valence-electron chi connectivity index (χ3n) is 3.38. The number of nitriles is 1. The maximum atomic E-state index is 9.21. The summed E-state index contributed by atoms with van der Waals surface area (Å²) in [6.45, 7) is 3.89. The van der Waals surface area contributed by atoms with Crippen molar-refractivity contribution in [1.29, 1.82) is 5.26 Å². The Morgan fingerprint density at radius 2 is 2.06 bits per heavy atom. The van der Waals surface area contributed by atoms with E-state index in [1.54, 1.807) is 11.8 Å². The summed E-state index contributed by atoms with van der Waals surface area (Å²) >= 11 is 1.65. The van der Waals surface area contributed by atoms with E-state index in [2.05, 4.69) is 11.1 Å². The van der Waals surface area contributed by atoms with Crippen molar-refractivity contribution < 1.29 is 4.42 Å². The van der Waals surface area contributed by atoms with Crippen molar-refractivity contribution in [3.05, 3.63) is 11.5 Å². The van der Waals surface area contributed by atoms with Gasteiger partial charge < -0.3 is 4.42 Å². The van der Waals surface area contributed by atoms with Crippen molar-refractivity contribution in [3.8, 4) is 6.07 Å². The molecule has 0 aliphatic heterocycles. The first-order valence-corrected chi connectivity index (χ1v) is 7.09. The minimum Gasteiger partial charge on any atom is -0.437 e. The molecule has 0 radical (unpaired) electrons. The summed E-state index contributed by atoms with van der Waals surface area (Å²) in [5.41, 5.74) is 0.953. The summed E-state index contributed by atoms with van der Waals surface area (Å²) in [5.74, 6) is 1.03. The molecular formula is C13H18N2OS. The number of oxazole rings is 1. The first-order chi connectivity index (χ1) is 8.20. The van der Waals surface area contributed by atoms with Gasteiger partial charge in [0.25, 0.3) is 5.22 Å². The highest BCUT2D eigenvalue weighted by molar-refractivity contribution is 7.99. The molecule has 0 amide bonds. The summed E-state index contributed by atoms with van der Waals surface area (Å²) in [7, 11) is 0. The Labute approximate surface area is 107 Å². The van der Waals surface area contributed by atoms with E-state index in [9.17, 15) is 5.26 Å². The van der Waals surface area contributed by atoms with Gasteiger partial charge >= 0.3 is 0 Å². The summed E-state index contributed by atoms with van der Waals surface area (Å²) in [4.78, 5) is 4.39. The van der Waals surface area contributed by atoms with Gasteiger partial charge in [0, 0.05) is 5.25 Å². The highest BCUT2D eigenvalue weighted by Crippen LogP contribution is 2.36. The van der Waals surface area contributed by atoms with Crippen LogP contribution in [-0.4, -0.2) is 10.2 Å². The van der Waals surface area contributed by atoms with Crippen LogP contribution in [0, 0.1) is 31.1 Å². The van der Waals surface area contributed by atoms with Gasteiger partial charge in [0.2, 0.25) is 0 Å². The minimum absolute atomic E-state index is 0.148. The van der Waals surface area contributed by atoms with Gasteiger partial charge in [-0.05, 0) is 26.7 Å². The average Bonchev–Trinajstić information content (AvgIpc) is 2.53. The van der Waals surface area contributed by atoms with Crippen LogP contribution in [0.5, 0.6) is 0 Å². The van der Waals surface area contributed by atoms with Crippen LogP contribution in [0.4, 0.5) is 0 Å². The number of thioether (sulfide) groups is 1. The first kappa shape index (κ1) is 12.5. The normalized spacial score (nSPS) is 25.2. The smallest absolute Gasteiger partial charge is 0.256 e. The Bertz CT molecular complexity index is 402. The minimum atomic E-state index is 0.148. The quantitative estimate of drug-likeness (QED) is 0.748.